The average molecular weight is 235 g/mol. The highest BCUT2D eigenvalue weighted by Crippen LogP contribution is 2.28. The molecule has 2 unspecified atom stereocenters. The number of ether oxygens (including phenoxy) is 2. The van der Waals surface area contributed by atoms with Crippen molar-refractivity contribution in [2.24, 2.45) is 0 Å². The summed E-state index contributed by atoms with van der Waals surface area (Å²) in [5.74, 6) is 0. The van der Waals surface area contributed by atoms with Gasteiger partial charge in [0.2, 0.25) is 0 Å². The molecule has 2 rings (SSSR count). The van der Waals surface area contributed by atoms with Gasteiger partial charge >= 0.3 is 0 Å². The minimum Gasteiger partial charge on any atom is -0.376 e. The summed E-state index contributed by atoms with van der Waals surface area (Å²) < 4.78 is 10.8. The molecule has 0 aromatic carbocycles. The fourth-order valence-electron chi connectivity index (χ4n) is 1.17. The van der Waals surface area contributed by atoms with Crippen molar-refractivity contribution in [3.63, 3.8) is 0 Å². The summed E-state index contributed by atoms with van der Waals surface area (Å²) in [6.07, 6.45) is -0.0644. The summed E-state index contributed by atoms with van der Waals surface area (Å²) in [6, 6.07) is 0. The van der Waals surface area contributed by atoms with Crippen LogP contribution >= 0.6 is 22.9 Å². The number of hydrogen-bond donors (Lipinski definition) is 0. The molecule has 2 heterocycles. The van der Waals surface area contributed by atoms with Gasteiger partial charge in [-0.25, -0.2) is 0 Å². The normalized spacial score (nSPS) is 24.9. The maximum atomic E-state index is 5.89. The molecule has 1 fully saturated rings. The third kappa shape index (κ3) is 2.23. The van der Waals surface area contributed by atoms with Crippen molar-refractivity contribution in [3.8, 4) is 0 Å². The van der Waals surface area contributed by atoms with Gasteiger partial charge in [-0.2, -0.15) is 0 Å². The van der Waals surface area contributed by atoms with E-state index in [1.807, 2.05) is 6.92 Å². The van der Waals surface area contributed by atoms with Crippen LogP contribution in [0.25, 0.3) is 0 Å². The predicted octanol–water partition coefficient (Wildman–Crippen LogP) is 1.93. The van der Waals surface area contributed by atoms with Crippen molar-refractivity contribution in [2.45, 2.75) is 18.4 Å². The molecule has 0 spiro atoms. The first-order valence-corrected chi connectivity index (χ1v) is 5.69. The minimum atomic E-state index is -0.0919. The molecule has 0 amide bonds. The van der Waals surface area contributed by atoms with Crippen LogP contribution in [0.4, 0.5) is 0 Å². The molecule has 6 heteroatoms. The molecule has 4 nitrogen and oxygen atoms in total. The van der Waals surface area contributed by atoms with Gasteiger partial charge in [0, 0.05) is 0 Å². The number of hydrogen-bond acceptors (Lipinski definition) is 5. The van der Waals surface area contributed by atoms with E-state index in [0.717, 1.165) is 10.0 Å². The molecular formula is C8H11ClN2O2S. The Labute approximate surface area is 91.2 Å². The molecule has 0 saturated carbocycles. The van der Waals surface area contributed by atoms with Gasteiger partial charge in [-0.15, -0.1) is 21.8 Å². The van der Waals surface area contributed by atoms with Gasteiger partial charge in [0.05, 0.1) is 25.2 Å². The highest BCUT2D eigenvalue weighted by atomic mass is 35.5. The molecule has 1 aromatic heterocycles. The van der Waals surface area contributed by atoms with Crippen molar-refractivity contribution in [2.75, 3.05) is 19.8 Å². The van der Waals surface area contributed by atoms with Gasteiger partial charge in [-0.3, -0.25) is 0 Å². The van der Waals surface area contributed by atoms with Gasteiger partial charge in [0.1, 0.15) is 16.1 Å². The second kappa shape index (κ2) is 4.53. The SMILES string of the molecule is CC(Cl)c1nnc(C2COCCO2)s1. The van der Waals surface area contributed by atoms with E-state index in [2.05, 4.69) is 10.2 Å². The van der Waals surface area contributed by atoms with Crippen molar-refractivity contribution in [1.29, 1.82) is 0 Å². The van der Waals surface area contributed by atoms with Crippen LogP contribution < -0.4 is 0 Å². The summed E-state index contributed by atoms with van der Waals surface area (Å²) in [5.41, 5.74) is 0. The molecule has 1 aromatic rings. The van der Waals surface area contributed by atoms with E-state index in [9.17, 15) is 0 Å². The Balaban J connectivity index is 2.07. The van der Waals surface area contributed by atoms with Gasteiger partial charge in [-0.1, -0.05) is 11.3 Å². The molecule has 14 heavy (non-hydrogen) atoms. The lowest BCUT2D eigenvalue weighted by atomic mass is 10.4. The first kappa shape index (κ1) is 10.3. The molecule has 0 bridgehead atoms. The van der Waals surface area contributed by atoms with Gasteiger partial charge in [0.15, 0.2) is 0 Å². The van der Waals surface area contributed by atoms with Gasteiger partial charge < -0.3 is 9.47 Å². The van der Waals surface area contributed by atoms with Crippen molar-refractivity contribution >= 4 is 22.9 Å². The number of aromatic nitrogens is 2. The molecule has 78 valence electrons. The van der Waals surface area contributed by atoms with Crippen LogP contribution in [0.2, 0.25) is 0 Å². The summed E-state index contributed by atoms with van der Waals surface area (Å²) in [6.45, 7) is 3.72. The molecule has 0 aliphatic carbocycles. The first-order valence-electron chi connectivity index (χ1n) is 4.44. The number of alkyl halides is 1. The van der Waals surface area contributed by atoms with E-state index in [-0.39, 0.29) is 11.5 Å². The zero-order valence-corrected chi connectivity index (χ0v) is 9.35. The summed E-state index contributed by atoms with van der Waals surface area (Å²) in [4.78, 5) is 0. The summed E-state index contributed by atoms with van der Waals surface area (Å²) in [5, 5.41) is 9.62. The Morgan fingerprint density at radius 3 is 2.93 bits per heavy atom. The molecule has 0 radical (unpaired) electrons. The van der Waals surface area contributed by atoms with E-state index in [4.69, 9.17) is 21.1 Å². The van der Waals surface area contributed by atoms with Crippen molar-refractivity contribution in [3.05, 3.63) is 10.0 Å². The van der Waals surface area contributed by atoms with Crippen LogP contribution in [0.1, 0.15) is 28.4 Å². The Hall–Kier alpha value is -0.230. The smallest absolute Gasteiger partial charge is 0.148 e. The molecule has 1 aliphatic rings. The van der Waals surface area contributed by atoms with Crippen LogP contribution in [0, 0.1) is 0 Å². The standard InChI is InChI=1S/C8H11ClN2O2S/c1-5(9)7-10-11-8(14-7)6-4-12-2-3-13-6/h5-6H,2-4H2,1H3. The Morgan fingerprint density at radius 2 is 2.36 bits per heavy atom. The number of halogens is 1. The maximum absolute atomic E-state index is 5.89. The lowest BCUT2D eigenvalue weighted by molar-refractivity contribution is -0.0903. The third-order valence-corrected chi connectivity index (χ3v) is 3.42. The van der Waals surface area contributed by atoms with E-state index < -0.39 is 0 Å². The molecule has 1 saturated heterocycles. The van der Waals surface area contributed by atoms with E-state index in [1.54, 1.807) is 0 Å². The van der Waals surface area contributed by atoms with Crippen LogP contribution in [0.5, 0.6) is 0 Å². The first-order chi connectivity index (χ1) is 6.77. The lowest BCUT2D eigenvalue weighted by Gasteiger charge is -2.20. The monoisotopic (exact) mass is 234 g/mol. The molecule has 0 N–H and O–H groups in total. The second-order valence-corrected chi connectivity index (χ2v) is 4.72. The minimum absolute atomic E-state index is 0.0644. The highest BCUT2D eigenvalue weighted by molar-refractivity contribution is 7.11. The summed E-state index contributed by atoms with van der Waals surface area (Å²) in [7, 11) is 0. The Bertz CT molecular complexity index is 299. The Morgan fingerprint density at radius 1 is 1.50 bits per heavy atom. The zero-order chi connectivity index (χ0) is 9.97. The second-order valence-electron chi connectivity index (χ2n) is 3.03. The number of nitrogens with zero attached hydrogens (tertiary/aromatic N) is 2. The summed E-state index contributed by atoms with van der Waals surface area (Å²) >= 11 is 7.38. The van der Waals surface area contributed by atoms with Crippen LogP contribution in [-0.2, 0) is 9.47 Å². The quantitative estimate of drug-likeness (QED) is 0.734. The highest BCUT2D eigenvalue weighted by Gasteiger charge is 2.21. The molecule has 2 atom stereocenters. The Kier molecular flexibility index (Phi) is 3.33. The largest absolute Gasteiger partial charge is 0.376 e. The number of rotatable bonds is 2. The fraction of sp³-hybridized carbons (Fsp3) is 0.750. The lowest BCUT2D eigenvalue weighted by Crippen LogP contribution is -2.21. The maximum Gasteiger partial charge on any atom is 0.148 e. The third-order valence-electron chi connectivity index (χ3n) is 1.89. The van der Waals surface area contributed by atoms with Crippen LogP contribution in [-0.4, -0.2) is 30.0 Å². The fourth-order valence-corrected chi connectivity index (χ4v) is 2.15. The van der Waals surface area contributed by atoms with Crippen LogP contribution in [0.15, 0.2) is 0 Å². The average Bonchev–Trinajstić information content (AvgIpc) is 2.68. The molecule has 1 aliphatic heterocycles. The van der Waals surface area contributed by atoms with E-state index >= 15 is 0 Å². The van der Waals surface area contributed by atoms with E-state index in [1.165, 1.54) is 11.3 Å². The van der Waals surface area contributed by atoms with Crippen molar-refractivity contribution in [1.82, 2.24) is 10.2 Å². The van der Waals surface area contributed by atoms with Gasteiger partial charge in [0.25, 0.3) is 0 Å². The van der Waals surface area contributed by atoms with Crippen molar-refractivity contribution < 1.29 is 9.47 Å². The topological polar surface area (TPSA) is 44.2 Å². The zero-order valence-electron chi connectivity index (χ0n) is 7.77. The predicted molar refractivity (Wildman–Crippen MR) is 53.7 cm³/mol. The van der Waals surface area contributed by atoms with Crippen LogP contribution in [0.3, 0.4) is 0 Å². The van der Waals surface area contributed by atoms with Gasteiger partial charge in [-0.05, 0) is 6.92 Å². The van der Waals surface area contributed by atoms with E-state index in [0.29, 0.717) is 19.8 Å². The molecular weight excluding hydrogens is 224 g/mol.